The lowest BCUT2D eigenvalue weighted by atomic mass is 9.97. The SMILES string of the molecule is C#CCNC(=O)CSc1nc2sc3c(c2c(=O)n1CC(=C)C)CCCC3. The molecule has 2 aromatic heterocycles. The van der Waals surface area contributed by atoms with Gasteiger partial charge >= 0.3 is 0 Å². The molecule has 3 rings (SSSR count). The summed E-state index contributed by atoms with van der Waals surface area (Å²) in [6.07, 6.45) is 9.40. The van der Waals surface area contributed by atoms with Gasteiger partial charge in [0.1, 0.15) is 4.83 Å². The molecule has 7 heteroatoms. The van der Waals surface area contributed by atoms with E-state index in [1.807, 2.05) is 6.92 Å². The number of thiophene rings is 1. The van der Waals surface area contributed by atoms with Crippen LogP contribution in [0.15, 0.2) is 22.1 Å². The summed E-state index contributed by atoms with van der Waals surface area (Å²) in [5.41, 5.74) is 2.02. The lowest BCUT2D eigenvalue weighted by molar-refractivity contribution is -0.118. The van der Waals surface area contributed by atoms with Crippen molar-refractivity contribution in [2.75, 3.05) is 12.3 Å². The summed E-state index contributed by atoms with van der Waals surface area (Å²) in [7, 11) is 0. The Labute approximate surface area is 160 Å². The molecule has 0 fully saturated rings. The average Bonchev–Trinajstić information content (AvgIpc) is 2.99. The highest BCUT2D eigenvalue weighted by atomic mass is 32.2. The maximum atomic E-state index is 13.2. The molecule has 1 N–H and O–H groups in total. The largest absolute Gasteiger partial charge is 0.344 e. The summed E-state index contributed by atoms with van der Waals surface area (Å²) in [5.74, 6) is 2.37. The fourth-order valence-corrected chi connectivity index (χ4v) is 5.20. The van der Waals surface area contributed by atoms with Crippen LogP contribution >= 0.6 is 23.1 Å². The molecular weight excluding hydrogens is 366 g/mol. The number of carbonyl (C=O) groups excluding carboxylic acids is 1. The molecule has 5 nitrogen and oxygen atoms in total. The first-order valence-electron chi connectivity index (χ1n) is 8.53. The maximum absolute atomic E-state index is 13.2. The molecule has 0 atom stereocenters. The lowest BCUT2D eigenvalue weighted by Gasteiger charge is -2.13. The highest BCUT2D eigenvalue weighted by Crippen LogP contribution is 2.34. The summed E-state index contributed by atoms with van der Waals surface area (Å²) < 4.78 is 1.64. The van der Waals surface area contributed by atoms with E-state index in [-0.39, 0.29) is 23.8 Å². The predicted octanol–water partition coefficient (Wildman–Crippen LogP) is 2.75. The topological polar surface area (TPSA) is 64.0 Å². The van der Waals surface area contributed by atoms with Crippen molar-refractivity contribution in [2.24, 2.45) is 0 Å². The van der Waals surface area contributed by atoms with E-state index in [1.165, 1.54) is 22.2 Å². The minimum atomic E-state index is -0.172. The van der Waals surface area contributed by atoms with E-state index in [1.54, 1.807) is 15.9 Å². The molecule has 1 aliphatic carbocycles. The molecule has 0 saturated carbocycles. The number of aromatic nitrogens is 2. The summed E-state index contributed by atoms with van der Waals surface area (Å²) in [6, 6.07) is 0. The van der Waals surface area contributed by atoms with Crippen molar-refractivity contribution < 1.29 is 4.79 Å². The number of hydrogen-bond donors (Lipinski definition) is 1. The first-order chi connectivity index (χ1) is 12.5. The number of amides is 1. The van der Waals surface area contributed by atoms with Crippen LogP contribution in [0.2, 0.25) is 0 Å². The quantitative estimate of drug-likeness (QED) is 0.358. The van der Waals surface area contributed by atoms with Gasteiger partial charge in [-0.3, -0.25) is 14.2 Å². The second-order valence-electron chi connectivity index (χ2n) is 6.40. The minimum absolute atomic E-state index is 0.0241. The standard InChI is InChI=1S/C19H21N3O2S2/c1-4-9-20-15(23)11-25-19-21-17-16(18(24)22(19)10-12(2)3)13-7-5-6-8-14(13)26-17/h1H,2,5-11H2,3H3,(H,20,23). The van der Waals surface area contributed by atoms with Gasteiger partial charge in [-0.1, -0.05) is 29.8 Å². The maximum Gasteiger partial charge on any atom is 0.263 e. The van der Waals surface area contributed by atoms with Gasteiger partial charge in [-0.25, -0.2) is 4.98 Å². The smallest absolute Gasteiger partial charge is 0.263 e. The van der Waals surface area contributed by atoms with Gasteiger partial charge in [0.15, 0.2) is 5.16 Å². The number of nitrogens with one attached hydrogen (secondary N) is 1. The lowest BCUT2D eigenvalue weighted by Crippen LogP contribution is -2.27. The highest BCUT2D eigenvalue weighted by molar-refractivity contribution is 7.99. The van der Waals surface area contributed by atoms with Gasteiger partial charge in [0, 0.05) is 11.4 Å². The van der Waals surface area contributed by atoms with Gasteiger partial charge in [-0.15, -0.1) is 17.8 Å². The van der Waals surface area contributed by atoms with E-state index in [0.29, 0.717) is 11.7 Å². The number of allylic oxidation sites excluding steroid dienone is 1. The van der Waals surface area contributed by atoms with Gasteiger partial charge in [-0.2, -0.15) is 0 Å². The van der Waals surface area contributed by atoms with Crippen molar-refractivity contribution >= 4 is 39.2 Å². The average molecular weight is 388 g/mol. The van der Waals surface area contributed by atoms with E-state index in [4.69, 9.17) is 11.4 Å². The molecule has 0 spiro atoms. The molecule has 0 aliphatic heterocycles. The molecule has 1 amide bonds. The summed E-state index contributed by atoms with van der Waals surface area (Å²) >= 11 is 2.88. The van der Waals surface area contributed by atoms with Gasteiger partial charge in [0.25, 0.3) is 5.56 Å². The van der Waals surface area contributed by atoms with Gasteiger partial charge in [0.05, 0.1) is 17.7 Å². The Morgan fingerprint density at radius 3 is 2.96 bits per heavy atom. The third-order valence-corrected chi connectivity index (χ3v) is 6.35. The number of rotatable bonds is 6. The second kappa shape index (κ2) is 8.11. The van der Waals surface area contributed by atoms with Crippen molar-refractivity contribution in [1.82, 2.24) is 14.9 Å². The van der Waals surface area contributed by atoms with Gasteiger partial charge < -0.3 is 5.32 Å². The summed E-state index contributed by atoms with van der Waals surface area (Å²) in [5, 5.41) is 3.94. The highest BCUT2D eigenvalue weighted by Gasteiger charge is 2.22. The van der Waals surface area contributed by atoms with E-state index < -0.39 is 0 Å². The molecule has 0 saturated heterocycles. The molecule has 26 heavy (non-hydrogen) atoms. The zero-order valence-corrected chi connectivity index (χ0v) is 16.4. The van der Waals surface area contributed by atoms with E-state index >= 15 is 0 Å². The summed E-state index contributed by atoms with van der Waals surface area (Å²) in [4.78, 5) is 31.8. The Morgan fingerprint density at radius 1 is 1.46 bits per heavy atom. The number of aryl methyl sites for hydroxylation is 2. The number of hydrogen-bond acceptors (Lipinski definition) is 5. The first-order valence-corrected chi connectivity index (χ1v) is 10.3. The van der Waals surface area contributed by atoms with Crippen LogP contribution in [-0.2, 0) is 24.2 Å². The van der Waals surface area contributed by atoms with Crippen LogP contribution in [-0.4, -0.2) is 27.8 Å². The molecule has 2 heterocycles. The van der Waals surface area contributed by atoms with Crippen LogP contribution in [0.1, 0.15) is 30.2 Å². The van der Waals surface area contributed by atoms with Crippen molar-refractivity contribution in [3.8, 4) is 12.3 Å². The van der Waals surface area contributed by atoms with E-state index in [9.17, 15) is 9.59 Å². The molecule has 1 aliphatic rings. The van der Waals surface area contributed by atoms with E-state index in [0.717, 1.165) is 41.5 Å². The molecule has 0 radical (unpaired) electrons. The van der Waals surface area contributed by atoms with Crippen molar-refractivity contribution in [3.63, 3.8) is 0 Å². The number of fused-ring (bicyclic) bond motifs is 3. The molecule has 2 aromatic rings. The predicted molar refractivity (Wildman–Crippen MR) is 108 cm³/mol. The number of nitrogens with zero attached hydrogens (tertiary/aromatic N) is 2. The van der Waals surface area contributed by atoms with Crippen LogP contribution in [0, 0.1) is 12.3 Å². The monoisotopic (exact) mass is 387 g/mol. The Hall–Kier alpha value is -2.04. The molecule has 0 aromatic carbocycles. The fourth-order valence-electron chi connectivity index (χ4n) is 3.07. The third kappa shape index (κ3) is 3.87. The molecule has 0 bridgehead atoms. The third-order valence-electron chi connectivity index (χ3n) is 4.19. The summed E-state index contributed by atoms with van der Waals surface area (Å²) in [6.45, 7) is 6.41. The molecule has 136 valence electrons. The van der Waals surface area contributed by atoms with Crippen molar-refractivity contribution in [1.29, 1.82) is 0 Å². The van der Waals surface area contributed by atoms with Crippen LogP contribution < -0.4 is 10.9 Å². The minimum Gasteiger partial charge on any atom is -0.344 e. The van der Waals surface area contributed by atoms with E-state index in [2.05, 4.69) is 17.8 Å². The number of terminal acetylenes is 1. The zero-order valence-electron chi connectivity index (χ0n) is 14.8. The molecular formula is C19H21N3O2S2. The van der Waals surface area contributed by atoms with Gasteiger partial charge in [-0.05, 0) is 38.2 Å². The van der Waals surface area contributed by atoms with Crippen molar-refractivity contribution in [3.05, 3.63) is 32.9 Å². The number of carbonyl (C=O) groups is 1. The first kappa shape index (κ1) is 18.7. The van der Waals surface area contributed by atoms with Gasteiger partial charge in [0.2, 0.25) is 5.91 Å². The normalized spacial score (nSPS) is 13.2. The Morgan fingerprint density at radius 2 is 2.23 bits per heavy atom. The van der Waals surface area contributed by atoms with Crippen LogP contribution in [0.25, 0.3) is 10.2 Å². The Balaban J connectivity index is 2.01. The molecule has 0 unspecified atom stereocenters. The second-order valence-corrected chi connectivity index (χ2v) is 8.43. The Kier molecular flexibility index (Phi) is 5.84. The van der Waals surface area contributed by atoms with Crippen LogP contribution in [0.4, 0.5) is 0 Å². The van der Waals surface area contributed by atoms with Crippen LogP contribution in [0.3, 0.4) is 0 Å². The van der Waals surface area contributed by atoms with Crippen molar-refractivity contribution in [2.45, 2.75) is 44.3 Å². The van der Waals surface area contributed by atoms with Crippen LogP contribution in [0.5, 0.6) is 0 Å². The zero-order chi connectivity index (χ0) is 18.7. The fraction of sp³-hybridized carbons (Fsp3) is 0.421. The number of thioether (sulfide) groups is 1. The Bertz CT molecular complexity index is 966.